The molecule has 0 saturated carbocycles. The van der Waals surface area contributed by atoms with Gasteiger partial charge >= 0.3 is 23.9 Å². The topological polar surface area (TPSA) is 290 Å². The van der Waals surface area contributed by atoms with E-state index in [9.17, 15) is 19.2 Å². The highest BCUT2D eigenvalue weighted by Gasteiger charge is 2.61. The predicted molar refractivity (Wildman–Crippen MR) is 420 cm³/mol. The Morgan fingerprint density at radius 2 is 0.752 bits per heavy atom. The largest absolute Gasteiger partial charge is 0.453 e. The third kappa shape index (κ3) is 21.7. The number of esters is 4. The van der Waals surface area contributed by atoms with Crippen LogP contribution in [0.3, 0.4) is 0 Å². The van der Waals surface area contributed by atoms with Crippen LogP contribution >= 0.6 is 11.8 Å². The first-order valence-corrected chi connectivity index (χ1v) is 40.2. The quantitative estimate of drug-likeness (QED) is 0.0233. The third-order valence-electron chi connectivity index (χ3n) is 21.0. The highest BCUT2D eigenvalue weighted by Crippen LogP contribution is 2.45. The van der Waals surface area contributed by atoms with Gasteiger partial charge in [-0.1, -0.05) is 220 Å². The first-order valence-electron chi connectivity index (χ1n) is 39.2. The van der Waals surface area contributed by atoms with E-state index in [2.05, 4.69) is 5.32 Å². The summed E-state index contributed by atoms with van der Waals surface area (Å²) in [6.07, 6.45) is -25.3. The Hall–Kier alpha value is -9.47. The number of fused-ring (bicyclic) bond motifs is 2. The summed E-state index contributed by atoms with van der Waals surface area (Å²) in [5.41, 5.74) is 3.75. The van der Waals surface area contributed by atoms with E-state index in [4.69, 9.17) is 90.0 Å². The van der Waals surface area contributed by atoms with Gasteiger partial charge in [-0.15, -0.1) is 0 Å². The zero-order valence-corrected chi connectivity index (χ0v) is 65.8. The normalized spacial score (nSPS) is 29.4. The number of carbonyl (C=O) groups excluding carboxylic acids is 6. The fourth-order valence-corrected chi connectivity index (χ4v) is 15.6. The molecule has 6 aliphatic rings. The molecule has 6 heterocycles. The maximum atomic E-state index is 15.3. The Morgan fingerprint density at radius 3 is 1.16 bits per heavy atom. The molecule has 27 heteroatoms. The number of rotatable bonds is 32. The monoisotopic (exact) mass is 1620 g/mol. The van der Waals surface area contributed by atoms with Crippen LogP contribution in [0.1, 0.15) is 103 Å². The summed E-state index contributed by atoms with van der Waals surface area (Å²) >= 11 is 1.04. The third-order valence-corrected chi connectivity index (χ3v) is 21.8. The van der Waals surface area contributed by atoms with Crippen LogP contribution < -0.4 is 5.32 Å². The number of thioether (sulfide) groups is 1. The molecule has 22 unspecified atom stereocenters. The van der Waals surface area contributed by atoms with Gasteiger partial charge in [0.25, 0.3) is 0 Å². The fourth-order valence-electron chi connectivity index (χ4n) is 15.0. The van der Waals surface area contributed by atoms with Gasteiger partial charge in [-0.3, -0.25) is 9.59 Å². The minimum absolute atomic E-state index is 0.0107. The number of amides is 1. The van der Waals surface area contributed by atoms with Crippen LogP contribution in [-0.4, -0.2) is 198 Å². The molecule has 6 saturated heterocycles. The number of carbonyl (C=O) groups is 6. The maximum Gasteiger partial charge on any atom is 0.338 e. The van der Waals surface area contributed by atoms with E-state index in [1.54, 1.807) is 135 Å². The van der Waals surface area contributed by atoms with Crippen LogP contribution in [0.5, 0.6) is 0 Å². The summed E-state index contributed by atoms with van der Waals surface area (Å²) in [5.74, 6) is -5.02. The molecular weight excluding hydrogens is 1530 g/mol. The van der Waals surface area contributed by atoms with E-state index < -0.39 is 159 Å². The average Bonchev–Trinajstić information content (AvgIpc) is 0.755. The Balaban J connectivity index is 0.851. The van der Waals surface area contributed by atoms with E-state index in [0.29, 0.717) is 5.56 Å². The summed E-state index contributed by atoms with van der Waals surface area (Å²) in [4.78, 5) is 84.2. The minimum atomic E-state index is -1.69. The maximum absolute atomic E-state index is 15.3. The van der Waals surface area contributed by atoms with Gasteiger partial charge in [0, 0.05) is 55.7 Å². The molecule has 0 radical (unpaired) electrons. The molecule has 0 bridgehead atoms. The molecule has 0 aliphatic carbocycles. The van der Waals surface area contributed by atoms with E-state index in [-0.39, 0.29) is 98.2 Å². The highest BCUT2D eigenvalue weighted by molar-refractivity contribution is 8.13. The van der Waals surface area contributed by atoms with Gasteiger partial charge in [0.1, 0.15) is 48.8 Å². The van der Waals surface area contributed by atoms with Crippen molar-refractivity contribution in [3.05, 3.63) is 287 Å². The van der Waals surface area contributed by atoms with E-state index in [0.717, 1.165) is 28.5 Å². The number of benzene rings is 8. The van der Waals surface area contributed by atoms with Crippen molar-refractivity contribution >= 4 is 46.7 Å². The van der Waals surface area contributed by atoms with Gasteiger partial charge in [0.15, 0.2) is 67.3 Å². The van der Waals surface area contributed by atoms with Gasteiger partial charge in [-0.25, -0.2) is 19.2 Å². The van der Waals surface area contributed by atoms with Crippen LogP contribution in [0.2, 0.25) is 0 Å². The summed E-state index contributed by atoms with van der Waals surface area (Å²) in [6, 6.07) is 70.9. The average molecular weight is 1620 g/mol. The smallest absolute Gasteiger partial charge is 0.338 e. The molecule has 6 aliphatic heterocycles. The van der Waals surface area contributed by atoms with Gasteiger partial charge in [-0.05, 0) is 59.7 Å². The van der Waals surface area contributed by atoms with Crippen molar-refractivity contribution in [2.75, 3.05) is 52.4 Å². The molecule has 26 nitrogen and oxygen atoms in total. The Labute approximate surface area is 682 Å². The van der Waals surface area contributed by atoms with Crippen molar-refractivity contribution in [1.82, 2.24) is 5.32 Å². The van der Waals surface area contributed by atoms with Gasteiger partial charge in [0.2, 0.25) is 5.91 Å². The number of hydrogen-bond acceptors (Lipinski definition) is 26. The first-order chi connectivity index (χ1) is 57.2. The SMILES string of the molecule is COC1C2OC(c3ccccc3)OCC2OC(OC2C(COCc3ccccc3)OC(OC3C4OC(c5ccccc5)OCC4OC(OC4C(COCc5ccccc5)OC(OCCNC(=O)CCSC(C)=O)C(OC(=O)c5ccccc5)C4C)C3OC(=O)c3ccccc3)C(OC(=O)c3ccccc3)C2C)C1OC(=O)c1ccccc1. The van der Waals surface area contributed by atoms with Crippen LogP contribution in [0.15, 0.2) is 243 Å². The van der Waals surface area contributed by atoms with Crippen molar-refractivity contribution in [2.45, 2.75) is 164 Å². The molecule has 8 aromatic carbocycles. The highest BCUT2D eigenvalue weighted by atomic mass is 32.2. The lowest BCUT2D eigenvalue weighted by Crippen LogP contribution is -2.68. The van der Waals surface area contributed by atoms with Gasteiger partial charge in [-0.2, -0.15) is 0 Å². The van der Waals surface area contributed by atoms with Gasteiger partial charge < -0.3 is 95.3 Å². The van der Waals surface area contributed by atoms with E-state index in [1.165, 1.54) is 14.0 Å². The molecule has 117 heavy (non-hydrogen) atoms. The summed E-state index contributed by atoms with van der Waals surface area (Å²) in [5, 5.41) is 2.72. The van der Waals surface area contributed by atoms with Gasteiger partial charge in [0.05, 0.1) is 80.7 Å². The molecule has 8 aromatic rings. The lowest BCUT2D eigenvalue weighted by Gasteiger charge is -2.53. The number of ether oxygens (including phenoxy) is 19. The Bertz CT molecular complexity index is 4460. The summed E-state index contributed by atoms with van der Waals surface area (Å²) < 4.78 is 130. The Morgan fingerprint density at radius 1 is 0.402 bits per heavy atom. The number of methoxy groups -OCH3 is 1. The Kier molecular flexibility index (Phi) is 29.6. The molecule has 1 N–H and O–H groups in total. The minimum Gasteiger partial charge on any atom is -0.453 e. The van der Waals surface area contributed by atoms with Crippen LogP contribution in [0, 0.1) is 11.8 Å². The second kappa shape index (κ2) is 41.3. The van der Waals surface area contributed by atoms with Crippen LogP contribution in [0.25, 0.3) is 0 Å². The molecular formula is C90H95NO25S. The number of nitrogens with one attached hydrogen (secondary N) is 1. The van der Waals surface area contributed by atoms with Crippen molar-refractivity contribution in [1.29, 1.82) is 0 Å². The van der Waals surface area contributed by atoms with Crippen molar-refractivity contribution in [2.24, 2.45) is 11.8 Å². The molecule has 0 spiro atoms. The zero-order valence-electron chi connectivity index (χ0n) is 65.0. The molecule has 14 rings (SSSR count). The molecule has 616 valence electrons. The van der Waals surface area contributed by atoms with Crippen molar-refractivity contribution in [3.8, 4) is 0 Å². The molecule has 6 fully saturated rings. The van der Waals surface area contributed by atoms with Crippen molar-refractivity contribution in [3.63, 3.8) is 0 Å². The van der Waals surface area contributed by atoms with Crippen LogP contribution in [0.4, 0.5) is 0 Å². The molecule has 22 atom stereocenters. The lowest BCUT2D eigenvalue weighted by atomic mass is 9.89. The summed E-state index contributed by atoms with van der Waals surface area (Å²) in [6.45, 7) is 4.53. The standard InChI is InChI=1S/C90H95NO25S/c1-55-71(66(51-99-49-58-29-13-5-14-30-58)104-87(73(55)108-81(94)60-33-17-7-18-34-60)101-47-46-91-70(93)45-48-117-57(3)92)113-90-80(111-84(97)63-39-23-10-24-40-63)78(76-69(107-90)54-103-86(115-76)65-43-27-12-28-44-65)116-88-74(109-82(95)61-35-19-8-20-36-61)56(2)72(67(105-88)52-100-50-59-31-15-6-16-32-59)112-89-79(110-83(96)62-37-21-9-22-38-62)77(98-4)75-68(106-89)53-102-85(114-75)64-41-25-11-26-42-64/h5-44,55-56,66-69,71-80,85-90H,45-54H2,1-4H3,(H,91,93). The molecule has 0 aromatic heterocycles. The zero-order chi connectivity index (χ0) is 81.0. The molecule has 1 amide bonds. The predicted octanol–water partition coefficient (Wildman–Crippen LogP) is 11.7. The van der Waals surface area contributed by atoms with Crippen molar-refractivity contribution < 1.29 is 119 Å². The second-order valence-corrected chi connectivity index (χ2v) is 30.3. The van der Waals surface area contributed by atoms with E-state index >= 15 is 9.59 Å². The first kappa shape index (κ1) is 84.0. The lowest BCUT2D eigenvalue weighted by molar-refractivity contribution is -0.408. The summed E-state index contributed by atoms with van der Waals surface area (Å²) in [7, 11) is 1.48. The fraction of sp³-hybridized carbons (Fsp3) is 0.400. The number of hydrogen-bond donors (Lipinski definition) is 1. The second-order valence-electron chi connectivity index (χ2n) is 29.0. The van der Waals surface area contributed by atoms with E-state index in [1.807, 2.05) is 121 Å². The van der Waals surface area contributed by atoms with Crippen LogP contribution in [-0.2, 0) is 113 Å².